The molecule has 7 heteroatoms. The Balaban J connectivity index is 1.57. The van der Waals surface area contributed by atoms with Gasteiger partial charge in [-0.3, -0.25) is 9.20 Å². The number of carbonyl (C=O) groups is 1. The first kappa shape index (κ1) is 12.9. The summed E-state index contributed by atoms with van der Waals surface area (Å²) >= 11 is 0. The molecule has 106 valence electrons. The lowest BCUT2D eigenvalue weighted by atomic mass is 10.0. The molecule has 0 saturated carbocycles. The molecule has 0 radical (unpaired) electrons. The average Bonchev–Trinajstić information content (AvgIpc) is 2.72. The van der Waals surface area contributed by atoms with Crippen LogP contribution in [0.3, 0.4) is 0 Å². The molecule has 0 aromatic carbocycles. The zero-order valence-electron chi connectivity index (χ0n) is 11.1. The van der Waals surface area contributed by atoms with Gasteiger partial charge in [0.1, 0.15) is 0 Å². The second-order valence-electron chi connectivity index (χ2n) is 5.01. The van der Waals surface area contributed by atoms with E-state index in [0.29, 0.717) is 24.7 Å². The predicted molar refractivity (Wildman–Crippen MR) is 73.4 cm³/mol. The van der Waals surface area contributed by atoms with E-state index < -0.39 is 0 Å². The number of hydrogen-bond donors (Lipinski definition) is 2. The van der Waals surface area contributed by atoms with E-state index in [1.54, 1.807) is 18.3 Å². The van der Waals surface area contributed by atoms with Crippen molar-refractivity contribution >= 4 is 11.6 Å². The van der Waals surface area contributed by atoms with Crippen molar-refractivity contribution < 1.29 is 4.79 Å². The van der Waals surface area contributed by atoms with Crippen LogP contribution in [0.4, 0.5) is 0 Å². The van der Waals surface area contributed by atoms with E-state index >= 15 is 0 Å². The SMILES string of the molecule is O=C(CCn1nc2ccccn2c1=O)NCC1CNC1. The van der Waals surface area contributed by atoms with Gasteiger partial charge < -0.3 is 10.6 Å². The van der Waals surface area contributed by atoms with E-state index in [0.717, 1.165) is 13.1 Å². The summed E-state index contributed by atoms with van der Waals surface area (Å²) < 4.78 is 2.80. The molecule has 3 heterocycles. The lowest BCUT2D eigenvalue weighted by Crippen LogP contribution is -2.48. The van der Waals surface area contributed by atoms with Crippen LogP contribution in [0.1, 0.15) is 6.42 Å². The summed E-state index contributed by atoms with van der Waals surface area (Å²) in [4.78, 5) is 23.7. The molecule has 2 aromatic rings. The van der Waals surface area contributed by atoms with Gasteiger partial charge in [-0.2, -0.15) is 0 Å². The van der Waals surface area contributed by atoms with E-state index in [1.807, 2.05) is 6.07 Å². The molecule has 1 aliphatic heterocycles. The lowest BCUT2D eigenvalue weighted by molar-refractivity contribution is -0.121. The summed E-state index contributed by atoms with van der Waals surface area (Å²) in [7, 11) is 0. The van der Waals surface area contributed by atoms with Crippen LogP contribution in [0.15, 0.2) is 29.2 Å². The number of nitrogens with one attached hydrogen (secondary N) is 2. The smallest absolute Gasteiger partial charge is 0.350 e. The van der Waals surface area contributed by atoms with Crippen molar-refractivity contribution in [2.45, 2.75) is 13.0 Å². The molecule has 0 aliphatic carbocycles. The van der Waals surface area contributed by atoms with Gasteiger partial charge in [-0.15, -0.1) is 5.10 Å². The second kappa shape index (κ2) is 5.46. The Bertz CT molecular complexity index is 671. The molecule has 1 aliphatic rings. The van der Waals surface area contributed by atoms with Crippen molar-refractivity contribution in [3.8, 4) is 0 Å². The van der Waals surface area contributed by atoms with Crippen LogP contribution in [0, 0.1) is 5.92 Å². The Kier molecular flexibility index (Phi) is 3.51. The van der Waals surface area contributed by atoms with Crippen molar-refractivity contribution in [1.82, 2.24) is 24.8 Å². The number of aryl methyl sites for hydroxylation is 1. The molecule has 7 nitrogen and oxygen atoms in total. The summed E-state index contributed by atoms with van der Waals surface area (Å²) in [5.41, 5.74) is 0.384. The maximum Gasteiger partial charge on any atom is 0.350 e. The first-order valence-corrected chi connectivity index (χ1v) is 6.75. The van der Waals surface area contributed by atoms with E-state index in [9.17, 15) is 9.59 Å². The predicted octanol–water partition coefficient (Wildman–Crippen LogP) is -0.778. The molecule has 2 N–H and O–H groups in total. The van der Waals surface area contributed by atoms with Crippen molar-refractivity contribution in [3.05, 3.63) is 34.9 Å². The van der Waals surface area contributed by atoms with E-state index in [2.05, 4.69) is 15.7 Å². The quantitative estimate of drug-likeness (QED) is 0.750. The van der Waals surface area contributed by atoms with Gasteiger partial charge in [-0.05, 0) is 12.1 Å². The second-order valence-corrected chi connectivity index (χ2v) is 5.01. The Hall–Kier alpha value is -2.15. The van der Waals surface area contributed by atoms with Crippen molar-refractivity contribution in [1.29, 1.82) is 0 Å². The van der Waals surface area contributed by atoms with Crippen LogP contribution in [-0.4, -0.2) is 39.7 Å². The highest BCUT2D eigenvalue weighted by molar-refractivity contribution is 5.75. The standard InChI is InChI=1S/C13H17N5O2/c19-12(15-9-10-7-14-8-10)4-6-18-13(20)17-5-2-1-3-11(17)16-18/h1-3,5,10,14H,4,6-9H2,(H,15,19). The average molecular weight is 275 g/mol. The van der Waals surface area contributed by atoms with Gasteiger partial charge in [-0.25, -0.2) is 9.48 Å². The number of aromatic nitrogens is 3. The summed E-state index contributed by atoms with van der Waals surface area (Å²) in [6.07, 6.45) is 1.94. The molecule has 0 unspecified atom stereocenters. The minimum absolute atomic E-state index is 0.0409. The maximum atomic E-state index is 12.0. The van der Waals surface area contributed by atoms with Gasteiger partial charge in [-0.1, -0.05) is 6.07 Å². The third-order valence-electron chi connectivity index (χ3n) is 3.49. The number of hydrogen-bond acceptors (Lipinski definition) is 4. The maximum absolute atomic E-state index is 12.0. The summed E-state index contributed by atoms with van der Waals surface area (Å²) in [6, 6.07) is 5.37. The van der Waals surface area contributed by atoms with Crippen LogP contribution >= 0.6 is 0 Å². The van der Waals surface area contributed by atoms with Crippen molar-refractivity contribution in [3.63, 3.8) is 0 Å². The zero-order chi connectivity index (χ0) is 13.9. The van der Waals surface area contributed by atoms with Gasteiger partial charge >= 0.3 is 5.69 Å². The summed E-state index contributed by atoms with van der Waals surface area (Å²) in [6.45, 7) is 2.93. The van der Waals surface area contributed by atoms with E-state index in [1.165, 1.54) is 9.08 Å². The summed E-state index contributed by atoms with van der Waals surface area (Å²) in [5.74, 6) is 0.498. The monoisotopic (exact) mass is 275 g/mol. The third kappa shape index (κ3) is 2.57. The fourth-order valence-corrected chi connectivity index (χ4v) is 2.16. The number of nitrogens with zero attached hydrogens (tertiary/aromatic N) is 3. The molecule has 0 spiro atoms. The zero-order valence-corrected chi connectivity index (χ0v) is 11.1. The highest BCUT2D eigenvalue weighted by Gasteiger charge is 2.17. The third-order valence-corrected chi connectivity index (χ3v) is 3.49. The Morgan fingerprint density at radius 1 is 1.45 bits per heavy atom. The topological polar surface area (TPSA) is 80.4 Å². The van der Waals surface area contributed by atoms with Gasteiger partial charge in [0, 0.05) is 38.2 Å². The van der Waals surface area contributed by atoms with Crippen molar-refractivity contribution in [2.24, 2.45) is 5.92 Å². The van der Waals surface area contributed by atoms with Crippen LogP contribution in [-0.2, 0) is 11.3 Å². The molecule has 1 amide bonds. The lowest BCUT2D eigenvalue weighted by Gasteiger charge is -2.27. The normalized spacial score (nSPS) is 15.2. The van der Waals surface area contributed by atoms with Crippen molar-refractivity contribution in [2.75, 3.05) is 19.6 Å². The molecular weight excluding hydrogens is 258 g/mol. The van der Waals surface area contributed by atoms with Crippen LogP contribution in [0.5, 0.6) is 0 Å². The van der Waals surface area contributed by atoms with Gasteiger partial charge in [0.25, 0.3) is 0 Å². The number of carbonyl (C=O) groups excluding carboxylic acids is 1. The Labute approximate surface area is 115 Å². The number of rotatable bonds is 5. The highest BCUT2D eigenvalue weighted by Crippen LogP contribution is 2.00. The highest BCUT2D eigenvalue weighted by atomic mass is 16.2. The molecule has 0 bridgehead atoms. The van der Waals surface area contributed by atoms with Crippen LogP contribution < -0.4 is 16.3 Å². The molecule has 3 rings (SSSR count). The Morgan fingerprint density at radius 3 is 3.00 bits per heavy atom. The van der Waals surface area contributed by atoms with Gasteiger partial charge in [0.2, 0.25) is 5.91 Å². The molecular formula is C13H17N5O2. The van der Waals surface area contributed by atoms with Gasteiger partial charge in [0.15, 0.2) is 5.65 Å². The Morgan fingerprint density at radius 2 is 2.30 bits per heavy atom. The fourth-order valence-electron chi connectivity index (χ4n) is 2.16. The minimum atomic E-state index is -0.211. The summed E-state index contributed by atoms with van der Waals surface area (Å²) in [5, 5.41) is 10.2. The van der Waals surface area contributed by atoms with E-state index in [4.69, 9.17) is 0 Å². The van der Waals surface area contributed by atoms with Gasteiger partial charge in [0.05, 0.1) is 6.54 Å². The molecule has 20 heavy (non-hydrogen) atoms. The number of pyridine rings is 1. The molecule has 1 saturated heterocycles. The number of amides is 1. The molecule has 2 aromatic heterocycles. The van der Waals surface area contributed by atoms with Crippen LogP contribution in [0.25, 0.3) is 5.65 Å². The first-order chi connectivity index (χ1) is 9.74. The van der Waals surface area contributed by atoms with E-state index in [-0.39, 0.29) is 18.0 Å². The number of fused-ring (bicyclic) bond motifs is 1. The molecule has 1 fully saturated rings. The van der Waals surface area contributed by atoms with Crippen LogP contribution in [0.2, 0.25) is 0 Å². The largest absolute Gasteiger partial charge is 0.356 e. The molecule has 0 atom stereocenters. The minimum Gasteiger partial charge on any atom is -0.356 e. The first-order valence-electron chi connectivity index (χ1n) is 6.75. The fraction of sp³-hybridized carbons (Fsp3) is 0.462.